The molecule has 2 saturated heterocycles. The zero-order valence-corrected chi connectivity index (χ0v) is 24.8. The van der Waals surface area contributed by atoms with Crippen molar-refractivity contribution in [3.8, 4) is 11.3 Å². The Labute approximate surface area is 258 Å². The summed E-state index contributed by atoms with van der Waals surface area (Å²) in [5, 5.41) is 18.3. The fraction of sp³-hybridized carbons (Fsp3) is 0.375. The average molecular weight is 622 g/mol. The molecule has 2 aliphatic heterocycles. The number of fused-ring (bicyclic) bond motifs is 3. The lowest BCUT2D eigenvalue weighted by Crippen LogP contribution is -2.51. The molecule has 0 radical (unpaired) electrons. The lowest BCUT2D eigenvalue weighted by molar-refractivity contribution is 0.0329. The van der Waals surface area contributed by atoms with Crippen molar-refractivity contribution in [2.75, 3.05) is 11.9 Å². The number of ether oxygens (including phenoxy) is 1. The second-order valence-electron chi connectivity index (χ2n) is 11.6. The van der Waals surface area contributed by atoms with Gasteiger partial charge in [-0.15, -0.1) is 0 Å². The standard InChI is InChI=1S/C32H30Cl2N4O5/c33-23-2-1-3-24(34)28(23)29-22(30(43-37-29)17-4-5-17)16-42-15-20-6-9-21-10-12-26(20)38(21)32(41)36-27-13-8-18-14-19(31(39)40)7-11-25(18)35-27/h1-3,7-8,11,13-14,17,20-21,26H,4-6,9-10,12,15-16H2,(H,39,40)(H,35,36,41). The molecular formula is C32H30Cl2N4O5. The highest BCUT2D eigenvalue weighted by atomic mass is 35.5. The summed E-state index contributed by atoms with van der Waals surface area (Å²) in [6.45, 7) is 0.835. The van der Waals surface area contributed by atoms with Gasteiger partial charge in [0.1, 0.15) is 17.3 Å². The third kappa shape index (κ3) is 5.46. The van der Waals surface area contributed by atoms with Gasteiger partial charge >= 0.3 is 12.0 Å². The van der Waals surface area contributed by atoms with Crippen molar-refractivity contribution in [3.05, 3.63) is 75.5 Å². The highest BCUT2D eigenvalue weighted by Crippen LogP contribution is 2.46. The topological polar surface area (TPSA) is 118 Å². The predicted octanol–water partition coefficient (Wildman–Crippen LogP) is 7.76. The van der Waals surface area contributed by atoms with Gasteiger partial charge < -0.3 is 19.3 Å². The maximum atomic E-state index is 13.5. The first-order chi connectivity index (χ1) is 20.9. The van der Waals surface area contributed by atoms with Gasteiger partial charge in [-0.25, -0.2) is 14.6 Å². The number of carbonyl (C=O) groups excluding carboxylic acids is 1. The average Bonchev–Trinajstić information content (AvgIpc) is 3.68. The minimum absolute atomic E-state index is 0.0696. The Morgan fingerprint density at radius 1 is 1.02 bits per heavy atom. The number of piperidine rings is 1. The van der Waals surface area contributed by atoms with Gasteiger partial charge in [-0.1, -0.05) is 34.4 Å². The van der Waals surface area contributed by atoms with Gasteiger partial charge in [-0.05, 0) is 81.0 Å². The molecule has 3 fully saturated rings. The summed E-state index contributed by atoms with van der Waals surface area (Å²) in [6, 6.07) is 13.7. The lowest BCUT2D eigenvalue weighted by atomic mass is 9.91. The monoisotopic (exact) mass is 620 g/mol. The minimum atomic E-state index is -0.992. The predicted molar refractivity (Wildman–Crippen MR) is 163 cm³/mol. The highest BCUT2D eigenvalue weighted by Gasteiger charge is 2.45. The van der Waals surface area contributed by atoms with Crippen LogP contribution in [0, 0.1) is 5.92 Å². The molecule has 1 aliphatic carbocycles. The summed E-state index contributed by atoms with van der Waals surface area (Å²) in [4.78, 5) is 31.3. The van der Waals surface area contributed by atoms with Gasteiger partial charge in [0.05, 0.1) is 34.3 Å². The summed E-state index contributed by atoms with van der Waals surface area (Å²) >= 11 is 13.0. The number of carboxylic acid groups (broad SMARTS) is 1. The first kappa shape index (κ1) is 28.1. The number of aromatic carboxylic acids is 1. The molecule has 2 bridgehead atoms. The number of pyridine rings is 1. The molecule has 3 aliphatic rings. The van der Waals surface area contributed by atoms with E-state index in [9.17, 15) is 14.7 Å². The molecule has 2 amide bonds. The van der Waals surface area contributed by atoms with Crippen LogP contribution in [0.3, 0.4) is 0 Å². The molecule has 3 unspecified atom stereocenters. The van der Waals surface area contributed by atoms with Crippen molar-refractivity contribution in [2.24, 2.45) is 5.92 Å². The number of hydrogen-bond acceptors (Lipinski definition) is 6. The number of urea groups is 1. The van der Waals surface area contributed by atoms with Gasteiger partial charge in [0.15, 0.2) is 0 Å². The number of aromatic nitrogens is 2. The SMILES string of the molecule is O=C(O)c1ccc2nc(NC(=O)N3C4CCC(COCc5c(-c6c(Cl)cccc6Cl)noc5C5CC5)C3CC4)ccc2c1. The molecule has 3 atom stereocenters. The summed E-state index contributed by atoms with van der Waals surface area (Å²) in [7, 11) is 0. The maximum absolute atomic E-state index is 13.5. The number of carbonyl (C=O) groups is 2. The fourth-order valence-electron chi connectivity index (χ4n) is 6.63. The summed E-state index contributed by atoms with van der Waals surface area (Å²) in [5.41, 5.74) is 2.99. The van der Waals surface area contributed by atoms with Crippen LogP contribution in [0.25, 0.3) is 22.2 Å². The molecule has 9 nitrogen and oxygen atoms in total. The Hall–Kier alpha value is -3.66. The molecule has 4 heterocycles. The van der Waals surface area contributed by atoms with Crippen LogP contribution in [-0.4, -0.2) is 50.8 Å². The second kappa shape index (κ2) is 11.4. The number of halogens is 2. The van der Waals surface area contributed by atoms with Crippen LogP contribution in [-0.2, 0) is 11.3 Å². The van der Waals surface area contributed by atoms with E-state index in [1.54, 1.807) is 42.5 Å². The molecule has 7 rings (SSSR count). The number of nitrogens with zero attached hydrogens (tertiary/aromatic N) is 3. The number of anilines is 1. The Morgan fingerprint density at radius 2 is 1.81 bits per heavy atom. The van der Waals surface area contributed by atoms with Crippen LogP contribution in [0.4, 0.5) is 10.6 Å². The van der Waals surface area contributed by atoms with Crippen molar-refractivity contribution in [1.29, 1.82) is 0 Å². The van der Waals surface area contributed by atoms with E-state index >= 15 is 0 Å². The molecule has 1 saturated carbocycles. The van der Waals surface area contributed by atoms with Gasteiger partial charge in [-0.3, -0.25) is 5.32 Å². The molecule has 2 aromatic heterocycles. The number of nitrogens with one attached hydrogen (secondary N) is 1. The van der Waals surface area contributed by atoms with Gasteiger partial charge in [0.2, 0.25) is 0 Å². The molecule has 11 heteroatoms. The van der Waals surface area contributed by atoms with E-state index in [0.29, 0.717) is 57.2 Å². The Balaban J connectivity index is 1.04. The Bertz CT molecular complexity index is 1700. The normalized spacial score (nSPS) is 21.3. The van der Waals surface area contributed by atoms with Crippen LogP contribution < -0.4 is 5.32 Å². The zero-order valence-electron chi connectivity index (χ0n) is 23.3. The Morgan fingerprint density at radius 3 is 2.58 bits per heavy atom. The quantitative estimate of drug-likeness (QED) is 0.206. The molecule has 4 aromatic rings. The molecule has 0 spiro atoms. The second-order valence-corrected chi connectivity index (χ2v) is 12.5. The van der Waals surface area contributed by atoms with E-state index in [-0.39, 0.29) is 29.6 Å². The van der Waals surface area contributed by atoms with Gasteiger partial charge in [-0.2, -0.15) is 0 Å². The van der Waals surface area contributed by atoms with Gasteiger partial charge in [0, 0.05) is 40.4 Å². The van der Waals surface area contributed by atoms with E-state index in [2.05, 4.69) is 15.5 Å². The molecule has 2 N–H and O–H groups in total. The minimum Gasteiger partial charge on any atom is -0.478 e. The number of hydrogen-bond donors (Lipinski definition) is 2. The van der Waals surface area contributed by atoms with E-state index in [1.165, 1.54) is 6.07 Å². The third-order valence-corrected chi connectivity index (χ3v) is 9.54. The van der Waals surface area contributed by atoms with Crippen LogP contribution in [0.5, 0.6) is 0 Å². The molecule has 2 aromatic carbocycles. The van der Waals surface area contributed by atoms with Crippen LogP contribution in [0.2, 0.25) is 10.0 Å². The van der Waals surface area contributed by atoms with E-state index in [0.717, 1.165) is 49.8 Å². The lowest BCUT2D eigenvalue weighted by Gasteiger charge is -2.39. The van der Waals surface area contributed by atoms with Crippen LogP contribution in [0.15, 0.2) is 53.1 Å². The first-order valence-corrected chi connectivity index (χ1v) is 15.4. The fourth-order valence-corrected chi connectivity index (χ4v) is 7.21. The smallest absolute Gasteiger partial charge is 0.335 e. The summed E-state index contributed by atoms with van der Waals surface area (Å²) < 4.78 is 12.1. The zero-order chi connectivity index (χ0) is 29.7. The van der Waals surface area contributed by atoms with Crippen molar-refractivity contribution in [1.82, 2.24) is 15.0 Å². The highest BCUT2D eigenvalue weighted by molar-refractivity contribution is 6.39. The number of carboxylic acids is 1. The van der Waals surface area contributed by atoms with Crippen molar-refractivity contribution in [2.45, 2.75) is 63.1 Å². The van der Waals surface area contributed by atoms with Crippen molar-refractivity contribution >= 4 is 51.9 Å². The first-order valence-electron chi connectivity index (χ1n) is 14.6. The van der Waals surface area contributed by atoms with Gasteiger partial charge in [0.25, 0.3) is 0 Å². The largest absolute Gasteiger partial charge is 0.478 e. The van der Waals surface area contributed by atoms with E-state index in [4.69, 9.17) is 32.5 Å². The molecular weight excluding hydrogens is 591 g/mol. The summed E-state index contributed by atoms with van der Waals surface area (Å²) in [5.74, 6) is 0.824. The van der Waals surface area contributed by atoms with Crippen LogP contribution in [0.1, 0.15) is 66.1 Å². The van der Waals surface area contributed by atoms with E-state index < -0.39 is 5.97 Å². The number of rotatable bonds is 8. The number of amides is 2. The summed E-state index contributed by atoms with van der Waals surface area (Å²) in [6.07, 6.45) is 5.91. The molecule has 222 valence electrons. The number of benzene rings is 2. The van der Waals surface area contributed by atoms with E-state index in [1.807, 2.05) is 4.90 Å². The Kier molecular flexibility index (Phi) is 7.49. The molecule has 43 heavy (non-hydrogen) atoms. The van der Waals surface area contributed by atoms with Crippen LogP contribution >= 0.6 is 23.2 Å². The van der Waals surface area contributed by atoms with Crippen molar-refractivity contribution < 1.29 is 24.0 Å². The maximum Gasteiger partial charge on any atom is 0.335 e. The van der Waals surface area contributed by atoms with Crippen molar-refractivity contribution in [3.63, 3.8) is 0 Å². The third-order valence-electron chi connectivity index (χ3n) is 8.91.